The summed E-state index contributed by atoms with van der Waals surface area (Å²) in [6, 6.07) is 15.2. The number of hydrogen-bond acceptors (Lipinski definition) is 5. The number of ether oxygens (including phenoxy) is 1. The normalized spacial score (nSPS) is 17.4. The van der Waals surface area contributed by atoms with Gasteiger partial charge in [0.15, 0.2) is 0 Å². The number of halogens is 1. The highest BCUT2D eigenvalue weighted by Gasteiger charge is 2.46. The number of aryl methyl sites for hydroxylation is 1. The molecule has 0 saturated carbocycles. The highest BCUT2D eigenvalue weighted by Crippen LogP contribution is 2.41. The molecule has 2 heterocycles. The summed E-state index contributed by atoms with van der Waals surface area (Å²) in [4.78, 5) is 31.8. The van der Waals surface area contributed by atoms with E-state index in [9.17, 15) is 14.7 Å². The van der Waals surface area contributed by atoms with E-state index in [0.717, 1.165) is 16.7 Å². The molecule has 6 nitrogen and oxygen atoms in total. The SMILES string of the molecule is CCOc1ccc(C(O)=C2C(=O)C(=O)N(Cc3cccnc3)[C@H]2c2ccc(C)cc2)cc1Cl. The van der Waals surface area contributed by atoms with Crippen LogP contribution in [0.25, 0.3) is 5.76 Å². The number of pyridine rings is 1. The lowest BCUT2D eigenvalue weighted by Gasteiger charge is -2.25. The van der Waals surface area contributed by atoms with Gasteiger partial charge in [-0.1, -0.05) is 47.5 Å². The first kappa shape index (κ1) is 22.6. The maximum absolute atomic E-state index is 13.1. The number of amides is 1. The van der Waals surface area contributed by atoms with E-state index in [2.05, 4.69) is 4.98 Å². The summed E-state index contributed by atoms with van der Waals surface area (Å²) in [6.07, 6.45) is 3.29. The minimum absolute atomic E-state index is 0.0213. The molecule has 3 aromatic rings. The van der Waals surface area contributed by atoms with E-state index in [-0.39, 0.29) is 17.9 Å². The number of ketones is 1. The molecule has 1 saturated heterocycles. The molecule has 0 spiro atoms. The molecule has 7 heteroatoms. The highest BCUT2D eigenvalue weighted by molar-refractivity contribution is 6.46. The smallest absolute Gasteiger partial charge is 0.295 e. The predicted molar refractivity (Wildman–Crippen MR) is 126 cm³/mol. The molecule has 0 bridgehead atoms. The average Bonchev–Trinajstić information content (AvgIpc) is 3.06. The first-order valence-electron chi connectivity index (χ1n) is 10.6. The van der Waals surface area contributed by atoms with Gasteiger partial charge in [-0.05, 0) is 49.2 Å². The second-order valence-electron chi connectivity index (χ2n) is 7.78. The number of carbonyl (C=O) groups excluding carboxylic acids is 2. The Kier molecular flexibility index (Phi) is 6.47. The largest absolute Gasteiger partial charge is 0.507 e. The first-order chi connectivity index (χ1) is 15.9. The Morgan fingerprint density at radius 2 is 1.91 bits per heavy atom. The Bertz CT molecular complexity index is 1220. The number of aliphatic hydroxyl groups excluding tert-OH is 1. The fourth-order valence-corrected chi connectivity index (χ4v) is 4.14. The standard InChI is InChI=1S/C26H23ClN2O4/c1-3-33-21-11-10-19(13-20(21)27)24(30)22-23(18-8-6-16(2)7-9-18)29(26(32)25(22)31)15-17-5-4-12-28-14-17/h4-14,23,30H,3,15H2,1-2H3/t23-/m0/s1. The van der Waals surface area contributed by atoms with Gasteiger partial charge in [0.25, 0.3) is 11.7 Å². The van der Waals surface area contributed by atoms with Gasteiger partial charge in [0.2, 0.25) is 0 Å². The number of Topliss-reactive ketones (excluding diaryl/α,β-unsaturated/α-hetero) is 1. The third kappa shape index (κ3) is 4.47. The summed E-state index contributed by atoms with van der Waals surface area (Å²) < 4.78 is 5.46. The molecule has 1 fully saturated rings. The number of nitrogens with zero attached hydrogens (tertiary/aromatic N) is 2. The van der Waals surface area contributed by atoms with Gasteiger partial charge in [-0.15, -0.1) is 0 Å². The number of likely N-dealkylation sites (tertiary alicyclic amines) is 1. The summed E-state index contributed by atoms with van der Waals surface area (Å²) in [5, 5.41) is 11.5. The second-order valence-corrected chi connectivity index (χ2v) is 8.18. The van der Waals surface area contributed by atoms with E-state index in [1.807, 2.05) is 44.2 Å². The fraction of sp³-hybridized carbons (Fsp3) is 0.192. The van der Waals surface area contributed by atoms with Crippen molar-refractivity contribution in [1.82, 2.24) is 9.88 Å². The van der Waals surface area contributed by atoms with E-state index in [4.69, 9.17) is 16.3 Å². The van der Waals surface area contributed by atoms with Crippen molar-refractivity contribution < 1.29 is 19.4 Å². The van der Waals surface area contributed by atoms with Crippen molar-refractivity contribution in [2.45, 2.75) is 26.4 Å². The maximum Gasteiger partial charge on any atom is 0.295 e. The van der Waals surface area contributed by atoms with E-state index in [1.165, 1.54) is 11.0 Å². The fourth-order valence-electron chi connectivity index (χ4n) is 3.90. The van der Waals surface area contributed by atoms with E-state index in [0.29, 0.717) is 22.9 Å². The Labute approximate surface area is 197 Å². The van der Waals surface area contributed by atoms with Gasteiger partial charge in [-0.3, -0.25) is 14.6 Å². The van der Waals surface area contributed by atoms with Gasteiger partial charge < -0.3 is 14.7 Å². The number of benzene rings is 2. The molecule has 4 rings (SSSR count). The summed E-state index contributed by atoms with van der Waals surface area (Å²) in [7, 11) is 0. The lowest BCUT2D eigenvalue weighted by molar-refractivity contribution is -0.140. The zero-order valence-corrected chi connectivity index (χ0v) is 19.0. The molecule has 1 aromatic heterocycles. The third-order valence-corrected chi connectivity index (χ3v) is 5.81. The number of aliphatic hydroxyl groups is 1. The van der Waals surface area contributed by atoms with Gasteiger partial charge in [0.05, 0.1) is 23.2 Å². The monoisotopic (exact) mass is 462 g/mol. The quantitative estimate of drug-likeness (QED) is 0.314. The van der Waals surface area contributed by atoms with E-state index < -0.39 is 17.7 Å². The molecule has 168 valence electrons. The molecule has 1 N–H and O–H groups in total. The Balaban J connectivity index is 1.84. The Morgan fingerprint density at radius 1 is 1.15 bits per heavy atom. The summed E-state index contributed by atoms with van der Waals surface area (Å²) in [5.74, 6) is -1.23. The van der Waals surface area contributed by atoms with Gasteiger partial charge in [-0.2, -0.15) is 0 Å². The van der Waals surface area contributed by atoms with Gasteiger partial charge in [0, 0.05) is 24.5 Å². The molecule has 1 atom stereocenters. The summed E-state index contributed by atoms with van der Waals surface area (Å²) in [5.41, 5.74) is 2.90. The van der Waals surface area contributed by atoms with Crippen molar-refractivity contribution in [3.8, 4) is 5.75 Å². The minimum Gasteiger partial charge on any atom is -0.507 e. The van der Waals surface area contributed by atoms with Crippen LogP contribution in [0.3, 0.4) is 0 Å². The number of rotatable bonds is 6. The van der Waals surface area contributed by atoms with Crippen LogP contribution in [0.1, 0.15) is 35.2 Å². The van der Waals surface area contributed by atoms with Crippen LogP contribution in [0.5, 0.6) is 5.75 Å². The molecule has 1 aliphatic rings. The average molecular weight is 463 g/mol. The van der Waals surface area contributed by atoms with Gasteiger partial charge >= 0.3 is 0 Å². The number of aromatic nitrogens is 1. The molecule has 0 unspecified atom stereocenters. The van der Waals surface area contributed by atoms with Gasteiger partial charge in [0.1, 0.15) is 11.5 Å². The van der Waals surface area contributed by atoms with Gasteiger partial charge in [-0.25, -0.2) is 0 Å². The van der Waals surface area contributed by atoms with Crippen molar-refractivity contribution in [3.05, 3.63) is 99.8 Å². The summed E-state index contributed by atoms with van der Waals surface area (Å²) >= 11 is 6.30. The van der Waals surface area contributed by atoms with Crippen LogP contribution in [-0.4, -0.2) is 33.3 Å². The lowest BCUT2D eigenvalue weighted by atomic mass is 9.94. The minimum atomic E-state index is -0.754. The van der Waals surface area contributed by atoms with Crippen molar-refractivity contribution in [1.29, 1.82) is 0 Å². The van der Waals surface area contributed by atoms with Crippen LogP contribution >= 0.6 is 11.6 Å². The third-order valence-electron chi connectivity index (χ3n) is 5.51. The van der Waals surface area contributed by atoms with Crippen LogP contribution in [-0.2, 0) is 16.1 Å². The summed E-state index contributed by atoms with van der Waals surface area (Å²) in [6.45, 7) is 4.42. The van der Waals surface area contributed by atoms with Crippen LogP contribution < -0.4 is 4.74 Å². The van der Waals surface area contributed by atoms with Crippen LogP contribution in [0.15, 0.2) is 72.6 Å². The van der Waals surface area contributed by atoms with E-state index >= 15 is 0 Å². The Morgan fingerprint density at radius 3 is 2.55 bits per heavy atom. The van der Waals surface area contributed by atoms with E-state index in [1.54, 1.807) is 30.6 Å². The van der Waals surface area contributed by atoms with Crippen molar-refractivity contribution in [2.75, 3.05) is 6.61 Å². The Hall–Kier alpha value is -3.64. The zero-order chi connectivity index (χ0) is 23.5. The number of carbonyl (C=O) groups is 2. The molecule has 1 aliphatic heterocycles. The second kappa shape index (κ2) is 9.46. The number of hydrogen-bond donors (Lipinski definition) is 1. The molecular weight excluding hydrogens is 440 g/mol. The van der Waals surface area contributed by atoms with Crippen LogP contribution in [0.4, 0.5) is 0 Å². The molecular formula is C26H23ClN2O4. The predicted octanol–water partition coefficient (Wildman–Crippen LogP) is 5.06. The lowest BCUT2D eigenvalue weighted by Crippen LogP contribution is -2.29. The van der Waals surface area contributed by atoms with Crippen LogP contribution in [0.2, 0.25) is 5.02 Å². The molecule has 2 aromatic carbocycles. The molecule has 33 heavy (non-hydrogen) atoms. The van der Waals surface area contributed by atoms with Crippen molar-refractivity contribution >= 4 is 29.1 Å². The molecule has 1 amide bonds. The molecule has 0 radical (unpaired) electrons. The highest BCUT2D eigenvalue weighted by atomic mass is 35.5. The zero-order valence-electron chi connectivity index (χ0n) is 18.3. The topological polar surface area (TPSA) is 79.7 Å². The first-order valence-corrected chi connectivity index (χ1v) is 10.9. The molecule has 0 aliphatic carbocycles. The maximum atomic E-state index is 13.1. The van der Waals surface area contributed by atoms with Crippen LogP contribution in [0, 0.1) is 6.92 Å². The van der Waals surface area contributed by atoms with Crippen molar-refractivity contribution in [3.63, 3.8) is 0 Å². The van der Waals surface area contributed by atoms with Crippen molar-refractivity contribution in [2.24, 2.45) is 0 Å².